The molecule has 1 aromatic rings. The minimum atomic E-state index is -1.23. The number of rotatable bonds is 2. The van der Waals surface area contributed by atoms with E-state index in [1.165, 1.54) is 6.26 Å². The highest BCUT2D eigenvalue weighted by atomic mass is 16.4. The Balaban J connectivity index is 3.21. The summed E-state index contributed by atoms with van der Waals surface area (Å²) in [6.07, 6.45) is 1.20. The molecule has 13 heavy (non-hydrogen) atoms. The van der Waals surface area contributed by atoms with E-state index in [9.17, 15) is 9.59 Å². The highest BCUT2D eigenvalue weighted by molar-refractivity contribution is 5.84. The van der Waals surface area contributed by atoms with Crippen LogP contribution in [0.25, 0.3) is 0 Å². The van der Waals surface area contributed by atoms with Gasteiger partial charge in [0, 0.05) is 11.6 Å². The Morgan fingerprint density at radius 3 is 2.54 bits per heavy atom. The minimum absolute atomic E-state index is 0.0408. The lowest BCUT2D eigenvalue weighted by Gasteiger charge is -2.02. The first-order chi connectivity index (χ1) is 6.02. The number of carboxylic acid groups (broad SMARTS) is 1. The zero-order chi connectivity index (χ0) is 10.0. The van der Waals surface area contributed by atoms with E-state index < -0.39 is 5.97 Å². The standard InChI is InChI=1S/C9H10O4/c1-5(2)6-4-13-8(9(11)12)3-7(6)10/h3-5H,1-2H3,(H,11,12). The van der Waals surface area contributed by atoms with Gasteiger partial charge in [0.1, 0.15) is 0 Å². The molecule has 0 fully saturated rings. The van der Waals surface area contributed by atoms with Gasteiger partial charge in [-0.05, 0) is 5.92 Å². The molecule has 0 radical (unpaired) electrons. The van der Waals surface area contributed by atoms with Gasteiger partial charge in [0.15, 0.2) is 5.43 Å². The zero-order valence-corrected chi connectivity index (χ0v) is 7.40. The van der Waals surface area contributed by atoms with Crippen LogP contribution in [0.4, 0.5) is 0 Å². The van der Waals surface area contributed by atoms with Gasteiger partial charge in [-0.3, -0.25) is 4.79 Å². The Morgan fingerprint density at radius 2 is 2.15 bits per heavy atom. The molecule has 0 aliphatic carbocycles. The number of hydrogen-bond donors (Lipinski definition) is 1. The number of carbonyl (C=O) groups is 1. The molecule has 0 unspecified atom stereocenters. The first-order valence-corrected chi connectivity index (χ1v) is 3.88. The molecule has 0 aliphatic heterocycles. The van der Waals surface area contributed by atoms with Crippen LogP contribution in [-0.2, 0) is 0 Å². The maximum Gasteiger partial charge on any atom is 0.371 e. The van der Waals surface area contributed by atoms with Gasteiger partial charge in [-0.25, -0.2) is 4.79 Å². The summed E-state index contributed by atoms with van der Waals surface area (Å²) in [4.78, 5) is 21.7. The van der Waals surface area contributed by atoms with Crippen LogP contribution in [-0.4, -0.2) is 11.1 Å². The predicted molar refractivity (Wildman–Crippen MR) is 46.0 cm³/mol. The number of carboxylic acids is 1. The fourth-order valence-corrected chi connectivity index (χ4v) is 0.954. The Kier molecular flexibility index (Phi) is 2.51. The number of aromatic carboxylic acids is 1. The van der Waals surface area contributed by atoms with Gasteiger partial charge in [-0.1, -0.05) is 13.8 Å². The third-order valence-electron chi connectivity index (χ3n) is 1.69. The van der Waals surface area contributed by atoms with Crippen molar-refractivity contribution in [2.75, 3.05) is 0 Å². The molecule has 4 heteroatoms. The lowest BCUT2D eigenvalue weighted by molar-refractivity contribution is 0.0659. The summed E-state index contributed by atoms with van der Waals surface area (Å²) in [5, 5.41) is 8.51. The summed E-state index contributed by atoms with van der Waals surface area (Å²) in [5.41, 5.74) is 0.198. The monoisotopic (exact) mass is 182 g/mol. The quantitative estimate of drug-likeness (QED) is 0.751. The average Bonchev–Trinajstić information content (AvgIpc) is 2.03. The first kappa shape index (κ1) is 9.51. The third kappa shape index (κ3) is 1.96. The van der Waals surface area contributed by atoms with Crippen LogP contribution in [0.5, 0.6) is 0 Å². The highest BCUT2D eigenvalue weighted by Crippen LogP contribution is 2.09. The van der Waals surface area contributed by atoms with Crippen LogP contribution in [0.15, 0.2) is 21.5 Å². The summed E-state index contributed by atoms with van der Waals surface area (Å²) in [6, 6.07) is 0.998. The van der Waals surface area contributed by atoms with E-state index in [0.717, 1.165) is 6.07 Å². The van der Waals surface area contributed by atoms with Gasteiger partial charge in [0.25, 0.3) is 0 Å². The molecule has 4 nitrogen and oxygen atoms in total. The molecule has 0 aromatic carbocycles. The fourth-order valence-electron chi connectivity index (χ4n) is 0.954. The molecular formula is C9H10O4. The Hall–Kier alpha value is -1.58. The Morgan fingerprint density at radius 1 is 1.54 bits per heavy atom. The van der Waals surface area contributed by atoms with Gasteiger partial charge in [-0.15, -0.1) is 0 Å². The second-order valence-corrected chi connectivity index (χ2v) is 3.02. The molecular weight excluding hydrogens is 172 g/mol. The Bertz CT molecular complexity index is 375. The normalized spacial score (nSPS) is 10.4. The molecule has 0 atom stereocenters. The smallest absolute Gasteiger partial charge is 0.371 e. The molecule has 0 saturated heterocycles. The second kappa shape index (κ2) is 3.43. The second-order valence-electron chi connectivity index (χ2n) is 3.02. The van der Waals surface area contributed by atoms with Gasteiger partial charge < -0.3 is 9.52 Å². The van der Waals surface area contributed by atoms with Gasteiger partial charge in [0.05, 0.1) is 6.26 Å². The average molecular weight is 182 g/mol. The van der Waals surface area contributed by atoms with Gasteiger partial charge in [-0.2, -0.15) is 0 Å². The van der Waals surface area contributed by atoms with Crippen molar-refractivity contribution in [1.29, 1.82) is 0 Å². The van der Waals surface area contributed by atoms with Gasteiger partial charge >= 0.3 is 5.97 Å². The van der Waals surface area contributed by atoms with Crippen molar-refractivity contribution in [3.05, 3.63) is 33.9 Å². The van der Waals surface area contributed by atoms with E-state index in [2.05, 4.69) is 0 Å². The van der Waals surface area contributed by atoms with E-state index in [-0.39, 0.29) is 17.1 Å². The van der Waals surface area contributed by atoms with Crippen molar-refractivity contribution < 1.29 is 14.3 Å². The van der Waals surface area contributed by atoms with E-state index in [0.29, 0.717) is 5.56 Å². The zero-order valence-electron chi connectivity index (χ0n) is 7.40. The minimum Gasteiger partial charge on any atom is -0.475 e. The van der Waals surface area contributed by atoms with E-state index in [1.54, 1.807) is 0 Å². The molecule has 0 aliphatic rings. The highest BCUT2D eigenvalue weighted by Gasteiger charge is 2.10. The third-order valence-corrected chi connectivity index (χ3v) is 1.69. The van der Waals surface area contributed by atoms with Crippen molar-refractivity contribution in [2.45, 2.75) is 19.8 Å². The van der Waals surface area contributed by atoms with E-state index in [1.807, 2.05) is 13.8 Å². The molecule has 1 aromatic heterocycles. The topological polar surface area (TPSA) is 67.5 Å². The maximum atomic E-state index is 11.3. The van der Waals surface area contributed by atoms with Gasteiger partial charge in [0.2, 0.25) is 5.76 Å². The predicted octanol–water partition coefficient (Wildman–Crippen LogP) is 1.46. The van der Waals surface area contributed by atoms with E-state index in [4.69, 9.17) is 9.52 Å². The fraction of sp³-hybridized carbons (Fsp3) is 0.333. The summed E-state index contributed by atoms with van der Waals surface area (Å²) in [6.45, 7) is 3.68. The van der Waals surface area contributed by atoms with Crippen LogP contribution < -0.4 is 5.43 Å². The number of hydrogen-bond acceptors (Lipinski definition) is 3. The van der Waals surface area contributed by atoms with Crippen LogP contribution in [0, 0.1) is 0 Å². The molecule has 1 N–H and O–H groups in total. The lowest BCUT2D eigenvalue weighted by atomic mass is 10.1. The SMILES string of the molecule is CC(C)c1coc(C(=O)O)cc1=O. The molecule has 0 spiro atoms. The largest absolute Gasteiger partial charge is 0.475 e. The molecule has 1 rings (SSSR count). The van der Waals surface area contributed by atoms with Crippen molar-refractivity contribution in [3.63, 3.8) is 0 Å². The molecule has 1 heterocycles. The molecule has 0 saturated carbocycles. The summed E-state index contributed by atoms with van der Waals surface area (Å²) < 4.78 is 4.76. The Labute approximate surface area is 74.8 Å². The lowest BCUT2D eigenvalue weighted by Crippen LogP contribution is -2.11. The molecule has 0 bridgehead atoms. The first-order valence-electron chi connectivity index (χ1n) is 3.88. The summed E-state index contributed by atoms with van der Waals surface area (Å²) in [7, 11) is 0. The van der Waals surface area contributed by atoms with Crippen molar-refractivity contribution in [2.24, 2.45) is 0 Å². The van der Waals surface area contributed by atoms with Crippen LogP contribution in [0.2, 0.25) is 0 Å². The maximum absolute atomic E-state index is 11.3. The van der Waals surface area contributed by atoms with Crippen molar-refractivity contribution in [1.82, 2.24) is 0 Å². The van der Waals surface area contributed by atoms with Crippen LogP contribution >= 0.6 is 0 Å². The van der Waals surface area contributed by atoms with Crippen LogP contribution in [0.3, 0.4) is 0 Å². The molecule has 0 amide bonds. The van der Waals surface area contributed by atoms with E-state index >= 15 is 0 Å². The van der Waals surface area contributed by atoms with Crippen molar-refractivity contribution >= 4 is 5.97 Å². The summed E-state index contributed by atoms with van der Waals surface area (Å²) >= 11 is 0. The molecule has 70 valence electrons. The van der Waals surface area contributed by atoms with Crippen LogP contribution in [0.1, 0.15) is 35.9 Å². The summed E-state index contributed by atoms with van der Waals surface area (Å²) in [5.74, 6) is -1.51. The van der Waals surface area contributed by atoms with Crippen molar-refractivity contribution in [3.8, 4) is 0 Å².